The molecular weight excluding hydrogens is 244 g/mol. The third-order valence-electron chi connectivity index (χ3n) is 2.86. The zero-order valence-corrected chi connectivity index (χ0v) is 13.0. The molecule has 0 radical (unpaired) electrons. The molecule has 0 aromatic carbocycles. The number of aliphatic hydroxyl groups is 1. The van der Waals surface area contributed by atoms with Crippen LogP contribution in [0.5, 0.6) is 0 Å². The molecule has 4 heteroatoms. The molecule has 1 aromatic heterocycles. The number of hydrogen-bond donors (Lipinski definition) is 1. The lowest BCUT2D eigenvalue weighted by Crippen LogP contribution is -2.19. The Labute approximate surface area is 115 Å². The Morgan fingerprint density at radius 3 is 2.67 bits per heavy atom. The van der Waals surface area contributed by atoms with Gasteiger partial charge < -0.3 is 5.11 Å². The third-order valence-corrected chi connectivity index (χ3v) is 4.28. The van der Waals surface area contributed by atoms with Crippen LogP contribution in [0.15, 0.2) is 12.3 Å². The predicted octanol–water partition coefficient (Wildman–Crippen LogP) is 3.29. The molecule has 0 aliphatic rings. The molecule has 0 amide bonds. The SMILES string of the molecule is CCC(C)n1ccc(CC(O)CSC(C)(C)C)n1. The van der Waals surface area contributed by atoms with E-state index < -0.39 is 0 Å². The highest BCUT2D eigenvalue weighted by Gasteiger charge is 2.15. The molecular formula is C14H26N2OS. The molecule has 18 heavy (non-hydrogen) atoms. The van der Waals surface area contributed by atoms with Crippen LogP contribution in [0.25, 0.3) is 0 Å². The smallest absolute Gasteiger partial charge is 0.0686 e. The summed E-state index contributed by atoms with van der Waals surface area (Å²) in [4.78, 5) is 0. The van der Waals surface area contributed by atoms with Crippen LogP contribution in [-0.4, -0.2) is 31.5 Å². The minimum absolute atomic E-state index is 0.205. The van der Waals surface area contributed by atoms with Gasteiger partial charge in [0.05, 0.1) is 11.8 Å². The summed E-state index contributed by atoms with van der Waals surface area (Å²) in [6, 6.07) is 2.44. The van der Waals surface area contributed by atoms with Crippen LogP contribution >= 0.6 is 11.8 Å². The molecule has 0 aliphatic carbocycles. The summed E-state index contributed by atoms with van der Waals surface area (Å²) < 4.78 is 2.19. The zero-order chi connectivity index (χ0) is 13.8. The van der Waals surface area contributed by atoms with Crippen LogP contribution in [-0.2, 0) is 6.42 Å². The van der Waals surface area contributed by atoms with Crippen molar-refractivity contribution in [2.45, 2.75) is 64.4 Å². The van der Waals surface area contributed by atoms with E-state index in [1.807, 2.05) is 16.9 Å². The summed E-state index contributed by atoms with van der Waals surface area (Å²) >= 11 is 1.79. The monoisotopic (exact) mass is 270 g/mol. The average Bonchev–Trinajstić information content (AvgIpc) is 2.73. The summed E-state index contributed by atoms with van der Waals surface area (Å²) in [5, 5.41) is 14.5. The Morgan fingerprint density at radius 2 is 2.11 bits per heavy atom. The summed E-state index contributed by atoms with van der Waals surface area (Å²) in [6.07, 6.45) is 3.41. The fourth-order valence-corrected chi connectivity index (χ4v) is 2.38. The molecule has 0 saturated carbocycles. The number of thioether (sulfide) groups is 1. The fourth-order valence-electron chi connectivity index (χ4n) is 1.57. The molecule has 104 valence electrons. The van der Waals surface area contributed by atoms with Crippen LogP contribution in [0.4, 0.5) is 0 Å². The number of aliphatic hydroxyl groups excluding tert-OH is 1. The number of rotatable bonds is 6. The molecule has 2 unspecified atom stereocenters. The molecule has 0 saturated heterocycles. The summed E-state index contributed by atoms with van der Waals surface area (Å²) in [6.45, 7) is 10.8. The van der Waals surface area contributed by atoms with Crippen molar-refractivity contribution in [3.63, 3.8) is 0 Å². The Kier molecular flexibility index (Phi) is 5.73. The highest BCUT2D eigenvalue weighted by Crippen LogP contribution is 2.24. The van der Waals surface area contributed by atoms with E-state index in [0.717, 1.165) is 17.9 Å². The van der Waals surface area contributed by atoms with Gasteiger partial charge in [0.2, 0.25) is 0 Å². The summed E-state index contributed by atoms with van der Waals surface area (Å²) in [5.74, 6) is 0.764. The maximum absolute atomic E-state index is 10.0. The largest absolute Gasteiger partial charge is 0.392 e. The number of hydrogen-bond acceptors (Lipinski definition) is 3. The molecule has 3 nitrogen and oxygen atoms in total. The number of nitrogens with zero attached hydrogens (tertiary/aromatic N) is 2. The van der Waals surface area contributed by atoms with Crippen LogP contribution in [0.2, 0.25) is 0 Å². The van der Waals surface area contributed by atoms with Crippen molar-refractivity contribution in [3.8, 4) is 0 Å². The molecule has 0 aliphatic heterocycles. The van der Waals surface area contributed by atoms with Gasteiger partial charge >= 0.3 is 0 Å². The first-order valence-corrected chi connectivity index (χ1v) is 7.66. The lowest BCUT2D eigenvalue weighted by molar-refractivity contribution is 0.198. The molecule has 0 fully saturated rings. The minimum atomic E-state index is -0.311. The van der Waals surface area contributed by atoms with E-state index in [1.165, 1.54) is 0 Å². The van der Waals surface area contributed by atoms with Crippen molar-refractivity contribution in [1.29, 1.82) is 0 Å². The highest BCUT2D eigenvalue weighted by atomic mass is 32.2. The molecule has 2 atom stereocenters. The quantitative estimate of drug-likeness (QED) is 0.862. The second-order valence-electron chi connectivity index (χ2n) is 5.83. The molecule has 1 N–H and O–H groups in total. The minimum Gasteiger partial charge on any atom is -0.392 e. The van der Waals surface area contributed by atoms with Gasteiger partial charge in [0.25, 0.3) is 0 Å². The van der Waals surface area contributed by atoms with Gasteiger partial charge in [-0.25, -0.2) is 0 Å². The van der Waals surface area contributed by atoms with Gasteiger partial charge in [-0.15, -0.1) is 0 Å². The maximum Gasteiger partial charge on any atom is 0.0686 e. The lowest BCUT2D eigenvalue weighted by Gasteiger charge is -2.19. The van der Waals surface area contributed by atoms with Crippen LogP contribution < -0.4 is 0 Å². The second kappa shape index (κ2) is 6.62. The first-order chi connectivity index (χ1) is 8.31. The number of aromatic nitrogens is 2. The van der Waals surface area contributed by atoms with Gasteiger partial charge in [-0.05, 0) is 19.4 Å². The first kappa shape index (κ1) is 15.6. The standard InChI is InChI=1S/C14H26N2OS/c1-6-11(2)16-8-7-12(15-16)9-13(17)10-18-14(3,4)5/h7-8,11,13,17H,6,9-10H2,1-5H3. The van der Waals surface area contributed by atoms with Crippen LogP contribution in [0, 0.1) is 0 Å². The van der Waals surface area contributed by atoms with Crippen molar-refractivity contribution in [2.24, 2.45) is 0 Å². The normalized spacial score (nSPS) is 15.7. The topological polar surface area (TPSA) is 38.0 Å². The molecule has 1 rings (SSSR count). The molecule has 1 aromatic rings. The Hall–Kier alpha value is -0.480. The fraction of sp³-hybridized carbons (Fsp3) is 0.786. The third kappa shape index (κ3) is 5.44. The van der Waals surface area contributed by atoms with Crippen molar-refractivity contribution in [2.75, 3.05) is 5.75 Å². The van der Waals surface area contributed by atoms with E-state index in [-0.39, 0.29) is 10.9 Å². The summed E-state index contributed by atoms with van der Waals surface area (Å²) in [5.41, 5.74) is 0.984. The maximum atomic E-state index is 10.0. The molecule has 1 heterocycles. The van der Waals surface area contributed by atoms with Crippen molar-refractivity contribution >= 4 is 11.8 Å². The van der Waals surface area contributed by atoms with Gasteiger partial charge in [-0.1, -0.05) is 27.7 Å². The van der Waals surface area contributed by atoms with Crippen molar-refractivity contribution < 1.29 is 5.11 Å². The van der Waals surface area contributed by atoms with Gasteiger partial charge in [0.1, 0.15) is 0 Å². The van der Waals surface area contributed by atoms with Gasteiger partial charge in [-0.2, -0.15) is 16.9 Å². The van der Waals surface area contributed by atoms with E-state index in [9.17, 15) is 5.11 Å². The van der Waals surface area contributed by atoms with E-state index in [2.05, 4.69) is 39.7 Å². The van der Waals surface area contributed by atoms with Gasteiger partial charge in [0.15, 0.2) is 0 Å². The van der Waals surface area contributed by atoms with Crippen molar-refractivity contribution in [3.05, 3.63) is 18.0 Å². The Balaban J connectivity index is 2.44. The average molecular weight is 270 g/mol. The predicted molar refractivity (Wildman–Crippen MR) is 79.2 cm³/mol. The highest BCUT2D eigenvalue weighted by molar-refractivity contribution is 8.00. The molecule has 0 bridgehead atoms. The second-order valence-corrected chi connectivity index (χ2v) is 7.67. The lowest BCUT2D eigenvalue weighted by atomic mass is 10.2. The zero-order valence-electron chi connectivity index (χ0n) is 12.2. The van der Waals surface area contributed by atoms with Crippen molar-refractivity contribution in [1.82, 2.24) is 9.78 Å². The van der Waals surface area contributed by atoms with Crippen LogP contribution in [0.3, 0.4) is 0 Å². The van der Waals surface area contributed by atoms with Gasteiger partial charge in [0, 0.05) is 29.2 Å². The Morgan fingerprint density at radius 1 is 1.44 bits per heavy atom. The summed E-state index contributed by atoms with van der Waals surface area (Å²) in [7, 11) is 0. The molecule has 0 spiro atoms. The van der Waals surface area contributed by atoms with E-state index in [4.69, 9.17) is 0 Å². The van der Waals surface area contributed by atoms with E-state index >= 15 is 0 Å². The van der Waals surface area contributed by atoms with E-state index in [1.54, 1.807) is 11.8 Å². The first-order valence-electron chi connectivity index (χ1n) is 6.68. The van der Waals surface area contributed by atoms with E-state index in [0.29, 0.717) is 12.5 Å². The van der Waals surface area contributed by atoms with Crippen LogP contribution in [0.1, 0.15) is 52.8 Å². The Bertz CT molecular complexity index is 357. The van der Waals surface area contributed by atoms with Gasteiger partial charge in [-0.3, -0.25) is 4.68 Å².